The van der Waals surface area contributed by atoms with E-state index in [4.69, 9.17) is 9.47 Å². The number of nitrogens with one attached hydrogen (secondary N) is 1. The molecule has 28 heavy (non-hydrogen) atoms. The minimum Gasteiger partial charge on any atom is -0.486 e. The Labute approximate surface area is 172 Å². The summed E-state index contributed by atoms with van der Waals surface area (Å²) < 4.78 is 10.7. The summed E-state index contributed by atoms with van der Waals surface area (Å²) in [5.74, 6) is 0.382. The molecule has 1 aliphatic carbocycles. The van der Waals surface area contributed by atoms with Crippen LogP contribution in [0.2, 0.25) is 0 Å². The molecule has 146 valence electrons. The van der Waals surface area contributed by atoms with Crippen molar-refractivity contribution in [3.05, 3.63) is 57.7 Å². The first-order valence-corrected chi connectivity index (χ1v) is 11.1. The molecule has 1 aromatic carbocycles. The average Bonchev–Trinajstić information content (AvgIpc) is 3.11. The van der Waals surface area contributed by atoms with Gasteiger partial charge in [-0.1, -0.05) is 30.3 Å². The van der Waals surface area contributed by atoms with Gasteiger partial charge in [-0.15, -0.1) is 23.1 Å². The summed E-state index contributed by atoms with van der Waals surface area (Å²) in [6.07, 6.45) is 3.93. The normalized spacial score (nSPS) is 16.2. The van der Waals surface area contributed by atoms with Crippen LogP contribution in [-0.4, -0.2) is 31.3 Å². The van der Waals surface area contributed by atoms with Crippen molar-refractivity contribution < 1.29 is 19.1 Å². The van der Waals surface area contributed by atoms with Crippen LogP contribution < -0.4 is 5.32 Å². The number of fused-ring (bicyclic) bond motifs is 1. The number of rotatable bonds is 4. The zero-order chi connectivity index (χ0) is 19.5. The van der Waals surface area contributed by atoms with Gasteiger partial charge in [0.25, 0.3) is 5.91 Å². The lowest BCUT2D eigenvalue weighted by atomic mass is 9.95. The molecule has 0 bridgehead atoms. The second-order valence-corrected chi connectivity index (χ2v) is 8.79. The van der Waals surface area contributed by atoms with E-state index < -0.39 is 5.97 Å². The van der Waals surface area contributed by atoms with E-state index in [2.05, 4.69) is 5.32 Å². The number of anilines is 1. The SMILES string of the molecule is COC(=O)c1c(NC(=O)C2=C(c3ccccc3)SCCO2)sc2c1CCCC2. The van der Waals surface area contributed by atoms with E-state index in [1.54, 1.807) is 11.8 Å². The Bertz CT molecular complexity index is 933. The number of aryl methyl sites for hydroxylation is 1. The van der Waals surface area contributed by atoms with Crippen LogP contribution in [0.1, 0.15) is 39.2 Å². The van der Waals surface area contributed by atoms with Crippen molar-refractivity contribution in [1.29, 1.82) is 0 Å². The molecule has 0 saturated carbocycles. The molecule has 0 atom stereocenters. The first kappa shape index (κ1) is 19.1. The van der Waals surface area contributed by atoms with Gasteiger partial charge in [0.15, 0.2) is 5.76 Å². The zero-order valence-corrected chi connectivity index (χ0v) is 17.2. The molecule has 0 spiro atoms. The Kier molecular flexibility index (Phi) is 5.73. The monoisotopic (exact) mass is 415 g/mol. The number of carbonyl (C=O) groups is 2. The van der Waals surface area contributed by atoms with Crippen molar-refractivity contribution in [3.8, 4) is 0 Å². The lowest BCUT2D eigenvalue weighted by Gasteiger charge is -2.20. The maximum Gasteiger partial charge on any atom is 0.341 e. The van der Waals surface area contributed by atoms with Gasteiger partial charge in [-0.25, -0.2) is 4.79 Å². The van der Waals surface area contributed by atoms with E-state index in [1.807, 2.05) is 30.3 Å². The topological polar surface area (TPSA) is 64.6 Å². The Hall–Kier alpha value is -2.25. The van der Waals surface area contributed by atoms with Gasteiger partial charge in [0.2, 0.25) is 0 Å². The highest BCUT2D eigenvalue weighted by Crippen LogP contribution is 2.40. The van der Waals surface area contributed by atoms with Crippen LogP contribution in [0, 0.1) is 0 Å². The van der Waals surface area contributed by atoms with Crippen molar-refractivity contribution in [2.24, 2.45) is 0 Å². The first-order chi connectivity index (χ1) is 13.7. The van der Waals surface area contributed by atoms with Gasteiger partial charge in [-0.05, 0) is 36.8 Å². The van der Waals surface area contributed by atoms with E-state index in [-0.39, 0.29) is 5.91 Å². The third-order valence-corrected chi connectivity index (χ3v) is 7.10. The Balaban J connectivity index is 1.69. The number of benzene rings is 1. The molecule has 2 aromatic rings. The predicted molar refractivity (Wildman–Crippen MR) is 113 cm³/mol. The smallest absolute Gasteiger partial charge is 0.341 e. The van der Waals surface area contributed by atoms with E-state index >= 15 is 0 Å². The molecule has 7 heteroatoms. The van der Waals surface area contributed by atoms with Crippen molar-refractivity contribution in [3.63, 3.8) is 0 Å². The minimum absolute atomic E-state index is 0.310. The fourth-order valence-corrected chi connectivity index (χ4v) is 5.75. The lowest BCUT2D eigenvalue weighted by Crippen LogP contribution is -2.22. The standard InChI is InChI=1S/C21H21NO4S2/c1-25-21(24)16-14-9-5-6-10-15(14)28-20(16)22-19(23)17-18(27-12-11-26-17)13-7-3-2-4-8-13/h2-4,7-8H,5-6,9-12H2,1H3,(H,22,23). The van der Waals surface area contributed by atoms with Crippen molar-refractivity contribution in [2.75, 3.05) is 24.8 Å². The van der Waals surface area contributed by atoms with Crippen LogP contribution in [-0.2, 0) is 27.1 Å². The number of ether oxygens (including phenoxy) is 2. The second-order valence-electron chi connectivity index (χ2n) is 6.58. The summed E-state index contributed by atoms with van der Waals surface area (Å²) in [6.45, 7) is 0.481. The number of hydrogen-bond donors (Lipinski definition) is 1. The third kappa shape index (κ3) is 3.69. The number of thiophene rings is 1. The number of thioether (sulfide) groups is 1. The summed E-state index contributed by atoms with van der Waals surface area (Å²) in [7, 11) is 1.37. The number of carbonyl (C=O) groups excluding carboxylic acids is 2. The average molecular weight is 416 g/mol. The molecule has 1 amide bonds. The molecule has 0 radical (unpaired) electrons. The highest BCUT2D eigenvalue weighted by molar-refractivity contribution is 8.08. The third-order valence-electron chi connectivity index (χ3n) is 4.81. The van der Waals surface area contributed by atoms with E-state index in [1.165, 1.54) is 18.4 Å². The van der Waals surface area contributed by atoms with Gasteiger partial charge < -0.3 is 14.8 Å². The molecule has 1 N–H and O–H groups in total. The van der Waals surface area contributed by atoms with Crippen LogP contribution >= 0.6 is 23.1 Å². The molecular formula is C21H21NO4S2. The molecular weight excluding hydrogens is 394 g/mol. The quantitative estimate of drug-likeness (QED) is 0.746. The second kappa shape index (κ2) is 8.41. The summed E-state index contributed by atoms with van der Waals surface area (Å²) in [4.78, 5) is 27.5. The van der Waals surface area contributed by atoms with Crippen molar-refractivity contribution in [2.45, 2.75) is 25.7 Å². The van der Waals surface area contributed by atoms with E-state index in [0.29, 0.717) is 22.9 Å². The summed E-state index contributed by atoms with van der Waals surface area (Å²) >= 11 is 3.09. The van der Waals surface area contributed by atoms with E-state index in [9.17, 15) is 9.59 Å². The molecule has 4 rings (SSSR count). The van der Waals surface area contributed by atoms with Gasteiger partial charge in [-0.3, -0.25) is 4.79 Å². The first-order valence-electron chi connectivity index (χ1n) is 9.28. The number of amides is 1. The lowest BCUT2D eigenvalue weighted by molar-refractivity contribution is -0.115. The van der Waals surface area contributed by atoms with Gasteiger partial charge in [0.05, 0.1) is 24.2 Å². The Morgan fingerprint density at radius 2 is 1.93 bits per heavy atom. The minimum atomic E-state index is -0.397. The van der Waals surface area contributed by atoms with Crippen LogP contribution in [0.4, 0.5) is 5.00 Å². The molecule has 0 fully saturated rings. The molecule has 2 heterocycles. The maximum absolute atomic E-state index is 13.1. The molecule has 5 nitrogen and oxygen atoms in total. The van der Waals surface area contributed by atoms with Gasteiger partial charge >= 0.3 is 5.97 Å². The molecule has 2 aliphatic rings. The van der Waals surface area contributed by atoms with Gasteiger partial charge in [0.1, 0.15) is 5.00 Å². The summed E-state index contributed by atoms with van der Waals surface area (Å²) in [5.41, 5.74) is 2.48. The maximum atomic E-state index is 13.1. The Morgan fingerprint density at radius 3 is 2.71 bits per heavy atom. The summed E-state index contributed by atoms with van der Waals surface area (Å²) in [6, 6.07) is 9.75. The molecule has 1 aromatic heterocycles. The largest absolute Gasteiger partial charge is 0.486 e. The van der Waals surface area contributed by atoms with E-state index in [0.717, 1.165) is 52.3 Å². The number of hydrogen-bond acceptors (Lipinski definition) is 6. The summed E-state index contributed by atoms with van der Waals surface area (Å²) in [5, 5.41) is 3.49. The predicted octanol–water partition coefficient (Wildman–Crippen LogP) is 4.48. The molecule has 0 saturated heterocycles. The van der Waals surface area contributed by atoms with Crippen LogP contribution in [0.15, 0.2) is 36.1 Å². The molecule has 1 aliphatic heterocycles. The zero-order valence-electron chi connectivity index (χ0n) is 15.6. The van der Waals surface area contributed by atoms with Crippen molar-refractivity contribution >= 4 is 44.9 Å². The van der Waals surface area contributed by atoms with Crippen LogP contribution in [0.3, 0.4) is 0 Å². The number of methoxy groups -OCH3 is 1. The molecule has 0 unspecified atom stereocenters. The van der Waals surface area contributed by atoms with Crippen LogP contribution in [0.25, 0.3) is 4.91 Å². The Morgan fingerprint density at radius 1 is 1.14 bits per heavy atom. The van der Waals surface area contributed by atoms with Crippen LogP contribution in [0.5, 0.6) is 0 Å². The van der Waals surface area contributed by atoms with Gasteiger partial charge in [-0.2, -0.15) is 0 Å². The fraction of sp³-hybridized carbons (Fsp3) is 0.333. The van der Waals surface area contributed by atoms with Gasteiger partial charge in [0, 0.05) is 10.6 Å². The fourth-order valence-electron chi connectivity index (χ4n) is 3.52. The van der Waals surface area contributed by atoms with Crippen molar-refractivity contribution in [1.82, 2.24) is 0 Å². The highest BCUT2D eigenvalue weighted by Gasteiger charge is 2.29. The highest BCUT2D eigenvalue weighted by atomic mass is 32.2. The number of esters is 1.